The van der Waals surface area contributed by atoms with Crippen molar-refractivity contribution < 1.29 is 9.53 Å². The predicted molar refractivity (Wildman–Crippen MR) is 127 cm³/mol. The van der Waals surface area contributed by atoms with Gasteiger partial charge in [0.05, 0.1) is 12.6 Å². The molecular weight excluding hydrogens is 384 g/mol. The van der Waals surface area contributed by atoms with E-state index in [0.717, 1.165) is 29.1 Å². The van der Waals surface area contributed by atoms with Gasteiger partial charge in [0.2, 0.25) is 0 Å². The summed E-state index contributed by atoms with van der Waals surface area (Å²) in [5.74, 6) is 1.06. The van der Waals surface area contributed by atoms with Gasteiger partial charge in [0.25, 0.3) is 5.91 Å². The minimum atomic E-state index is 0.0346. The Kier molecular flexibility index (Phi) is 6.26. The van der Waals surface area contributed by atoms with Crippen molar-refractivity contribution in [1.82, 2.24) is 0 Å². The third kappa shape index (κ3) is 4.15. The van der Waals surface area contributed by atoms with Gasteiger partial charge < -0.3 is 15.0 Å². The quantitative estimate of drug-likeness (QED) is 0.514. The molecule has 3 aromatic rings. The Labute approximate surface area is 184 Å². The number of fused-ring (bicyclic) bond motifs is 1. The van der Waals surface area contributed by atoms with Gasteiger partial charge in [-0.05, 0) is 61.4 Å². The summed E-state index contributed by atoms with van der Waals surface area (Å²) in [6, 6.07) is 26.3. The average Bonchev–Trinajstić information content (AvgIpc) is 2.81. The summed E-state index contributed by atoms with van der Waals surface area (Å²) in [4.78, 5) is 15.7. The fraction of sp³-hybridized carbons (Fsp3) is 0.296. The number of para-hydroxylation sites is 2. The summed E-state index contributed by atoms with van der Waals surface area (Å²) >= 11 is 0. The lowest BCUT2D eigenvalue weighted by Gasteiger charge is -2.45. The van der Waals surface area contributed by atoms with Crippen molar-refractivity contribution in [3.05, 3.63) is 90.0 Å². The second-order valence-electron chi connectivity index (χ2n) is 8.01. The molecule has 1 heterocycles. The summed E-state index contributed by atoms with van der Waals surface area (Å²) in [5.41, 5.74) is 3.91. The van der Waals surface area contributed by atoms with Crippen LogP contribution in [0.15, 0.2) is 78.9 Å². The normalized spacial score (nSPS) is 20.1. The van der Waals surface area contributed by atoms with Gasteiger partial charge in [-0.15, -0.1) is 0 Å². The molecule has 160 valence electrons. The fourth-order valence-corrected chi connectivity index (χ4v) is 4.63. The molecule has 1 aliphatic rings. The van der Waals surface area contributed by atoms with Crippen LogP contribution < -0.4 is 15.0 Å². The van der Waals surface area contributed by atoms with E-state index in [4.69, 9.17) is 4.74 Å². The Balaban J connectivity index is 1.71. The summed E-state index contributed by atoms with van der Waals surface area (Å²) in [6.45, 7) is 6.96. The Morgan fingerprint density at radius 2 is 1.61 bits per heavy atom. The number of nitrogens with zero attached hydrogens (tertiary/aromatic N) is 1. The van der Waals surface area contributed by atoms with Gasteiger partial charge in [0.1, 0.15) is 5.75 Å². The molecule has 0 spiro atoms. The van der Waals surface area contributed by atoms with Crippen LogP contribution in [0, 0.1) is 5.92 Å². The number of ether oxygens (including phenoxy) is 1. The van der Waals surface area contributed by atoms with Crippen molar-refractivity contribution in [3.8, 4) is 5.75 Å². The lowest BCUT2D eigenvalue weighted by molar-refractivity contribution is 0.0960. The predicted octanol–water partition coefficient (Wildman–Crippen LogP) is 6.31. The molecule has 31 heavy (non-hydrogen) atoms. The van der Waals surface area contributed by atoms with Gasteiger partial charge in [0, 0.05) is 28.9 Å². The van der Waals surface area contributed by atoms with Gasteiger partial charge in [-0.3, -0.25) is 4.79 Å². The van der Waals surface area contributed by atoms with Gasteiger partial charge >= 0.3 is 0 Å². The number of carbonyl (C=O) groups is 1. The topological polar surface area (TPSA) is 41.6 Å². The van der Waals surface area contributed by atoms with E-state index in [9.17, 15) is 4.79 Å². The molecule has 4 rings (SSSR count). The fourth-order valence-electron chi connectivity index (χ4n) is 4.63. The Morgan fingerprint density at radius 1 is 0.935 bits per heavy atom. The molecule has 3 atom stereocenters. The molecule has 0 saturated carbocycles. The maximum atomic E-state index is 13.7. The highest BCUT2D eigenvalue weighted by molar-refractivity contribution is 6.07. The highest BCUT2D eigenvalue weighted by atomic mass is 16.5. The van der Waals surface area contributed by atoms with Crippen LogP contribution in [0.25, 0.3) is 0 Å². The van der Waals surface area contributed by atoms with E-state index in [1.54, 1.807) is 0 Å². The molecule has 4 heteroatoms. The first kappa shape index (κ1) is 21.0. The smallest absolute Gasteiger partial charge is 0.258 e. The van der Waals surface area contributed by atoms with Crippen LogP contribution in [0.4, 0.5) is 11.4 Å². The largest absolute Gasteiger partial charge is 0.494 e. The second kappa shape index (κ2) is 9.25. The highest BCUT2D eigenvalue weighted by Gasteiger charge is 2.40. The minimum Gasteiger partial charge on any atom is -0.494 e. The maximum Gasteiger partial charge on any atom is 0.258 e. The van der Waals surface area contributed by atoms with E-state index in [1.165, 1.54) is 0 Å². The van der Waals surface area contributed by atoms with Crippen molar-refractivity contribution in [2.45, 2.75) is 39.3 Å². The summed E-state index contributed by atoms with van der Waals surface area (Å²) in [6.07, 6.45) is 0.880. The summed E-state index contributed by atoms with van der Waals surface area (Å²) < 4.78 is 5.54. The Morgan fingerprint density at radius 3 is 2.29 bits per heavy atom. The molecule has 0 aliphatic carbocycles. The Hall–Kier alpha value is -3.27. The van der Waals surface area contributed by atoms with Gasteiger partial charge in [0.15, 0.2) is 0 Å². The van der Waals surface area contributed by atoms with E-state index >= 15 is 0 Å². The molecule has 3 aromatic carbocycles. The third-order valence-corrected chi connectivity index (χ3v) is 6.14. The van der Waals surface area contributed by atoms with Crippen LogP contribution in [0.2, 0.25) is 0 Å². The third-order valence-electron chi connectivity index (χ3n) is 6.14. The van der Waals surface area contributed by atoms with Crippen molar-refractivity contribution in [1.29, 1.82) is 0 Å². The first-order valence-electron chi connectivity index (χ1n) is 11.1. The van der Waals surface area contributed by atoms with E-state index in [-0.39, 0.29) is 23.9 Å². The van der Waals surface area contributed by atoms with Crippen molar-refractivity contribution in [2.24, 2.45) is 5.92 Å². The number of nitrogens with one attached hydrogen (secondary N) is 1. The molecule has 0 fully saturated rings. The van der Waals surface area contributed by atoms with Gasteiger partial charge in [-0.25, -0.2) is 0 Å². The number of amides is 1. The monoisotopic (exact) mass is 414 g/mol. The van der Waals surface area contributed by atoms with Crippen LogP contribution in [-0.2, 0) is 0 Å². The van der Waals surface area contributed by atoms with Crippen LogP contribution >= 0.6 is 0 Å². The van der Waals surface area contributed by atoms with Gasteiger partial charge in [-0.2, -0.15) is 0 Å². The molecule has 4 nitrogen and oxygen atoms in total. The van der Waals surface area contributed by atoms with E-state index < -0.39 is 0 Å². The standard InChI is InChI=1S/C27H30N2O2/c1-4-24-19(3)26(28-21-11-7-6-8-12-21)23-13-9-10-14-25(23)29(24)27(30)20-15-17-22(18-16-20)31-5-2/h6-19,24,26,28H,4-5H2,1-3H3/t19-,24+,26+/m0/s1. The zero-order chi connectivity index (χ0) is 21.8. The molecule has 1 amide bonds. The van der Waals surface area contributed by atoms with E-state index in [2.05, 4.69) is 49.5 Å². The first-order valence-corrected chi connectivity index (χ1v) is 11.1. The Bertz CT molecular complexity index is 1020. The summed E-state index contributed by atoms with van der Waals surface area (Å²) in [7, 11) is 0. The minimum absolute atomic E-state index is 0.0346. The van der Waals surface area contributed by atoms with E-state index in [1.807, 2.05) is 60.4 Å². The lowest BCUT2D eigenvalue weighted by Crippen LogP contribution is -2.50. The maximum absolute atomic E-state index is 13.7. The number of hydrogen-bond donors (Lipinski definition) is 1. The zero-order valence-corrected chi connectivity index (χ0v) is 18.4. The number of carbonyl (C=O) groups excluding carboxylic acids is 1. The zero-order valence-electron chi connectivity index (χ0n) is 18.4. The molecule has 0 bridgehead atoms. The highest BCUT2D eigenvalue weighted by Crippen LogP contribution is 2.44. The number of benzene rings is 3. The number of rotatable bonds is 6. The molecule has 0 radical (unpaired) electrons. The molecule has 0 unspecified atom stereocenters. The molecule has 1 N–H and O–H groups in total. The number of anilines is 2. The SMILES string of the molecule is CCOc1ccc(C(=O)N2c3ccccc3[C@H](Nc3ccccc3)[C@@H](C)[C@H]2CC)cc1. The molecule has 0 saturated heterocycles. The second-order valence-corrected chi connectivity index (χ2v) is 8.01. The van der Waals surface area contributed by atoms with E-state index in [0.29, 0.717) is 12.2 Å². The van der Waals surface area contributed by atoms with Crippen LogP contribution in [0.3, 0.4) is 0 Å². The molecule has 1 aliphatic heterocycles. The average molecular weight is 415 g/mol. The van der Waals surface area contributed by atoms with Crippen LogP contribution in [0.1, 0.15) is 49.2 Å². The van der Waals surface area contributed by atoms with Crippen molar-refractivity contribution in [3.63, 3.8) is 0 Å². The van der Waals surface area contributed by atoms with Crippen molar-refractivity contribution >= 4 is 17.3 Å². The first-order chi connectivity index (χ1) is 15.1. The molecule has 0 aromatic heterocycles. The number of hydrogen-bond acceptors (Lipinski definition) is 3. The van der Waals surface area contributed by atoms with Crippen LogP contribution in [0.5, 0.6) is 5.75 Å². The lowest BCUT2D eigenvalue weighted by atomic mass is 9.80. The van der Waals surface area contributed by atoms with Crippen LogP contribution in [-0.4, -0.2) is 18.6 Å². The van der Waals surface area contributed by atoms with Gasteiger partial charge in [-0.1, -0.05) is 50.2 Å². The molecular formula is C27H30N2O2. The summed E-state index contributed by atoms with van der Waals surface area (Å²) in [5, 5.41) is 3.72. The van der Waals surface area contributed by atoms with Crippen molar-refractivity contribution in [2.75, 3.05) is 16.8 Å².